The van der Waals surface area contributed by atoms with Crippen LogP contribution in [-0.2, 0) is 15.0 Å². The van der Waals surface area contributed by atoms with E-state index in [0.717, 1.165) is 16.1 Å². The van der Waals surface area contributed by atoms with Crippen LogP contribution in [0.4, 0.5) is 5.69 Å². The number of benzene rings is 3. The van der Waals surface area contributed by atoms with Gasteiger partial charge in [0.2, 0.25) is 0 Å². The van der Waals surface area contributed by atoms with Gasteiger partial charge in [-0.3, -0.25) is 15.0 Å². The molecule has 3 aromatic rings. The standard InChI is InChI=1S/C30H28N2O4/c1-4-20-12-17-25-28(34)32(31-22-13-10-19(2)11-14-22)29(35)30(25,21-8-6-5-7-9-21)27(20)24-16-15-23(36-3)18-26(24)33/h4-16,18,25,27,31,33H,1,17H2,2-3H3. The fourth-order valence-corrected chi connectivity index (χ4v) is 5.62. The Morgan fingerprint density at radius 3 is 2.44 bits per heavy atom. The first-order valence-electron chi connectivity index (χ1n) is 11.9. The first-order chi connectivity index (χ1) is 17.4. The molecule has 3 atom stereocenters. The van der Waals surface area contributed by atoms with E-state index in [-0.39, 0.29) is 17.6 Å². The van der Waals surface area contributed by atoms with E-state index in [1.807, 2.05) is 67.6 Å². The number of nitrogens with zero attached hydrogens (tertiary/aromatic N) is 1. The van der Waals surface area contributed by atoms with E-state index >= 15 is 0 Å². The lowest BCUT2D eigenvalue weighted by Crippen LogP contribution is -2.48. The van der Waals surface area contributed by atoms with E-state index < -0.39 is 17.3 Å². The van der Waals surface area contributed by atoms with Crippen molar-refractivity contribution in [2.75, 3.05) is 12.5 Å². The molecule has 0 bridgehead atoms. The molecule has 1 heterocycles. The number of nitrogens with one attached hydrogen (secondary N) is 1. The number of fused-ring (bicyclic) bond motifs is 1. The average molecular weight is 481 g/mol. The van der Waals surface area contributed by atoms with Gasteiger partial charge in [0.1, 0.15) is 11.5 Å². The molecule has 6 heteroatoms. The van der Waals surface area contributed by atoms with Crippen molar-refractivity contribution in [1.29, 1.82) is 0 Å². The number of anilines is 1. The maximum Gasteiger partial charge on any atom is 0.260 e. The molecular weight excluding hydrogens is 452 g/mol. The summed E-state index contributed by atoms with van der Waals surface area (Å²) in [6.07, 6.45) is 4.04. The summed E-state index contributed by atoms with van der Waals surface area (Å²) < 4.78 is 5.28. The van der Waals surface area contributed by atoms with Gasteiger partial charge in [-0.05, 0) is 42.7 Å². The highest BCUT2D eigenvalue weighted by molar-refractivity contribution is 6.12. The Morgan fingerprint density at radius 1 is 1.08 bits per heavy atom. The molecule has 5 rings (SSSR count). The summed E-state index contributed by atoms with van der Waals surface area (Å²) in [6.45, 7) is 5.98. The van der Waals surface area contributed by atoms with Gasteiger partial charge >= 0.3 is 0 Å². The Balaban J connectivity index is 1.73. The molecule has 6 nitrogen and oxygen atoms in total. The molecule has 3 unspecified atom stereocenters. The minimum atomic E-state index is -1.28. The van der Waals surface area contributed by atoms with E-state index in [1.54, 1.807) is 18.2 Å². The SMILES string of the molecule is C=CC1=CCC2C(=O)N(Nc3ccc(C)cc3)C(=O)C2(c2ccccc2)C1c1ccc(OC)cc1O. The maximum absolute atomic E-state index is 14.5. The van der Waals surface area contributed by atoms with Crippen molar-refractivity contribution in [3.63, 3.8) is 0 Å². The number of phenolic OH excluding ortho intramolecular Hbond substituents is 1. The number of amides is 2. The summed E-state index contributed by atoms with van der Waals surface area (Å²) in [6, 6.07) is 21.9. The number of aromatic hydroxyl groups is 1. The quantitative estimate of drug-likeness (QED) is 0.471. The van der Waals surface area contributed by atoms with Crippen molar-refractivity contribution in [1.82, 2.24) is 5.01 Å². The number of allylic oxidation sites excluding steroid dienone is 3. The van der Waals surface area contributed by atoms with Gasteiger partial charge in [-0.25, -0.2) is 0 Å². The van der Waals surface area contributed by atoms with Gasteiger partial charge in [-0.15, -0.1) is 0 Å². The van der Waals surface area contributed by atoms with Crippen LogP contribution in [0.25, 0.3) is 0 Å². The Kier molecular flexibility index (Phi) is 5.88. The van der Waals surface area contributed by atoms with Crippen molar-refractivity contribution in [2.24, 2.45) is 5.92 Å². The molecule has 1 fully saturated rings. The van der Waals surface area contributed by atoms with Gasteiger partial charge in [-0.1, -0.05) is 72.8 Å². The number of carbonyl (C=O) groups excluding carboxylic acids is 2. The second-order valence-corrected chi connectivity index (χ2v) is 9.25. The van der Waals surface area contributed by atoms with Crippen molar-refractivity contribution >= 4 is 17.5 Å². The fourth-order valence-electron chi connectivity index (χ4n) is 5.62. The number of methoxy groups -OCH3 is 1. The summed E-state index contributed by atoms with van der Waals surface area (Å²) in [5.41, 5.74) is 5.54. The van der Waals surface area contributed by atoms with Crippen molar-refractivity contribution in [3.05, 3.63) is 114 Å². The Hall–Kier alpha value is -4.32. The summed E-state index contributed by atoms with van der Waals surface area (Å²) in [5, 5.41) is 12.2. The molecule has 182 valence electrons. The topological polar surface area (TPSA) is 78.9 Å². The van der Waals surface area contributed by atoms with E-state index in [9.17, 15) is 14.7 Å². The van der Waals surface area contributed by atoms with Gasteiger partial charge in [-0.2, -0.15) is 5.01 Å². The molecule has 0 aromatic heterocycles. The zero-order chi connectivity index (χ0) is 25.4. The normalized spacial score (nSPS) is 23.2. The van der Waals surface area contributed by atoms with Crippen LogP contribution in [-0.4, -0.2) is 29.0 Å². The summed E-state index contributed by atoms with van der Waals surface area (Å²) in [4.78, 5) is 28.4. The van der Waals surface area contributed by atoms with E-state index in [2.05, 4.69) is 12.0 Å². The van der Waals surface area contributed by atoms with E-state index in [0.29, 0.717) is 29.0 Å². The van der Waals surface area contributed by atoms with Crippen molar-refractivity contribution < 1.29 is 19.4 Å². The highest BCUT2D eigenvalue weighted by Crippen LogP contribution is 2.58. The Bertz CT molecular complexity index is 1360. The smallest absolute Gasteiger partial charge is 0.260 e. The number of ether oxygens (including phenoxy) is 1. The van der Waals surface area contributed by atoms with Gasteiger partial charge in [0.05, 0.1) is 24.1 Å². The zero-order valence-corrected chi connectivity index (χ0v) is 20.3. The lowest BCUT2D eigenvalue weighted by atomic mass is 9.56. The maximum atomic E-state index is 14.5. The molecule has 2 N–H and O–H groups in total. The second kappa shape index (κ2) is 9.04. The highest BCUT2D eigenvalue weighted by atomic mass is 16.5. The van der Waals surface area contributed by atoms with Crippen LogP contribution in [0.3, 0.4) is 0 Å². The lowest BCUT2D eigenvalue weighted by molar-refractivity contribution is -0.138. The number of rotatable bonds is 6. The number of phenols is 1. The lowest BCUT2D eigenvalue weighted by Gasteiger charge is -2.43. The largest absolute Gasteiger partial charge is 0.508 e. The first-order valence-corrected chi connectivity index (χ1v) is 11.9. The minimum Gasteiger partial charge on any atom is -0.508 e. The first kappa shape index (κ1) is 23.4. The van der Waals surface area contributed by atoms with E-state index in [1.165, 1.54) is 13.2 Å². The Labute approximate surface area is 210 Å². The molecule has 0 saturated carbocycles. The summed E-state index contributed by atoms with van der Waals surface area (Å²) in [7, 11) is 1.53. The third kappa shape index (κ3) is 3.49. The molecule has 1 saturated heterocycles. The predicted octanol–water partition coefficient (Wildman–Crippen LogP) is 5.26. The number of aryl methyl sites for hydroxylation is 1. The van der Waals surface area contributed by atoms with Crippen LogP contribution in [0.5, 0.6) is 11.5 Å². The molecule has 1 aliphatic carbocycles. The third-order valence-corrected chi connectivity index (χ3v) is 7.33. The number of hydrazine groups is 1. The van der Waals surface area contributed by atoms with Gasteiger partial charge < -0.3 is 9.84 Å². The third-order valence-electron chi connectivity index (χ3n) is 7.33. The molecular formula is C30H28N2O4. The van der Waals surface area contributed by atoms with E-state index in [4.69, 9.17) is 4.74 Å². The predicted molar refractivity (Wildman–Crippen MR) is 139 cm³/mol. The summed E-state index contributed by atoms with van der Waals surface area (Å²) >= 11 is 0. The molecule has 3 aromatic carbocycles. The minimum absolute atomic E-state index is 0.00625. The molecule has 0 radical (unpaired) electrons. The highest BCUT2D eigenvalue weighted by Gasteiger charge is 2.66. The number of carbonyl (C=O) groups is 2. The van der Waals surface area contributed by atoms with Gasteiger partial charge in [0.15, 0.2) is 0 Å². The number of hydrogen-bond donors (Lipinski definition) is 2. The summed E-state index contributed by atoms with van der Waals surface area (Å²) in [5.74, 6) is -1.48. The molecule has 36 heavy (non-hydrogen) atoms. The number of hydrogen-bond acceptors (Lipinski definition) is 5. The molecule has 1 aliphatic heterocycles. The average Bonchev–Trinajstić information content (AvgIpc) is 3.12. The van der Waals surface area contributed by atoms with Crippen LogP contribution in [0.1, 0.15) is 29.0 Å². The second-order valence-electron chi connectivity index (χ2n) is 9.25. The monoisotopic (exact) mass is 480 g/mol. The van der Waals surface area contributed by atoms with Crippen molar-refractivity contribution in [3.8, 4) is 11.5 Å². The fraction of sp³-hybridized carbons (Fsp3) is 0.200. The van der Waals surface area contributed by atoms with Crippen LogP contribution in [0.15, 0.2) is 97.1 Å². The Morgan fingerprint density at radius 2 is 1.81 bits per heavy atom. The number of imide groups is 1. The molecule has 0 spiro atoms. The van der Waals surface area contributed by atoms with Gasteiger partial charge in [0.25, 0.3) is 11.8 Å². The van der Waals surface area contributed by atoms with Crippen LogP contribution < -0.4 is 10.2 Å². The van der Waals surface area contributed by atoms with Crippen molar-refractivity contribution in [2.45, 2.75) is 24.7 Å². The van der Waals surface area contributed by atoms with Crippen LogP contribution >= 0.6 is 0 Å². The zero-order valence-electron chi connectivity index (χ0n) is 20.3. The molecule has 2 amide bonds. The van der Waals surface area contributed by atoms with Crippen LogP contribution in [0.2, 0.25) is 0 Å². The van der Waals surface area contributed by atoms with Crippen LogP contribution in [0, 0.1) is 12.8 Å². The van der Waals surface area contributed by atoms with Gasteiger partial charge in [0, 0.05) is 17.5 Å². The molecule has 2 aliphatic rings.